The van der Waals surface area contributed by atoms with Gasteiger partial charge in [0.1, 0.15) is 0 Å². The largest absolute Gasteiger partial charge is 0.391 e. The normalized spacial score (nSPS) is 13.8. The Morgan fingerprint density at radius 2 is 1.07 bits per heavy atom. The van der Waals surface area contributed by atoms with E-state index in [1.807, 2.05) is 6.92 Å². The zero-order valence-electron chi connectivity index (χ0n) is 20.7. The van der Waals surface area contributed by atoms with Crippen LogP contribution in [0.5, 0.6) is 0 Å². The molecule has 7 nitrogen and oxygen atoms in total. The predicted molar refractivity (Wildman–Crippen MR) is 124 cm³/mol. The smallest absolute Gasteiger partial charge is 0.157 e. The first-order valence-electron chi connectivity index (χ1n) is 11.3. The molecule has 7 heteroatoms. The lowest BCUT2D eigenvalue weighted by atomic mass is 10.3. The minimum atomic E-state index is -0.819. The molecule has 0 aromatic heterocycles. The molecule has 4 unspecified atom stereocenters. The molecule has 0 aromatic rings. The zero-order valence-corrected chi connectivity index (χ0v) is 20.7. The molecule has 0 saturated carbocycles. The number of aliphatic hydroxyl groups excluding tert-OH is 4. The average Bonchev–Trinajstić information content (AvgIpc) is 2.68. The van der Waals surface area contributed by atoms with Crippen LogP contribution in [-0.4, -0.2) is 71.6 Å². The number of allylic oxidation sites excluding steroid dienone is 1. The van der Waals surface area contributed by atoms with Crippen LogP contribution in [0.15, 0.2) is 12.7 Å². The standard InChI is InChI=1S/C8H18O.2C6H14O3.C3H6/c1-3-5-7-9-8-6-4-2;1-5(7)3-9-4-6(2)8;1-3-5(7)9-6(8)4-2;1-3-2/h3-8H2,1-2H3;2*5-8H,3-4H2,1-2H3;3H,1H2,2H3. The lowest BCUT2D eigenvalue weighted by Crippen LogP contribution is -2.19. The third-order valence-electron chi connectivity index (χ3n) is 3.02. The summed E-state index contributed by atoms with van der Waals surface area (Å²) >= 11 is 0. The van der Waals surface area contributed by atoms with Crippen LogP contribution in [0.3, 0.4) is 0 Å². The molecule has 30 heavy (non-hydrogen) atoms. The Hall–Kier alpha value is -0.540. The van der Waals surface area contributed by atoms with E-state index in [4.69, 9.17) is 29.9 Å². The Morgan fingerprint density at radius 3 is 1.30 bits per heavy atom. The molecule has 0 amide bonds. The fraction of sp³-hybridized carbons (Fsp3) is 0.913. The van der Waals surface area contributed by atoms with Gasteiger partial charge in [-0.25, -0.2) is 0 Å². The van der Waals surface area contributed by atoms with E-state index in [0.29, 0.717) is 26.1 Å². The molecule has 0 aromatic carbocycles. The summed E-state index contributed by atoms with van der Waals surface area (Å²) in [7, 11) is 0. The van der Waals surface area contributed by atoms with E-state index in [-0.39, 0.29) is 0 Å². The third kappa shape index (κ3) is 50.8. The van der Waals surface area contributed by atoms with Crippen LogP contribution in [0.25, 0.3) is 0 Å². The fourth-order valence-electron chi connectivity index (χ4n) is 1.38. The summed E-state index contributed by atoms with van der Waals surface area (Å²) < 4.78 is 14.8. The molecule has 4 N–H and O–H groups in total. The summed E-state index contributed by atoms with van der Waals surface area (Å²) in [6, 6.07) is 0. The molecule has 0 bridgehead atoms. The van der Waals surface area contributed by atoms with Gasteiger partial charge in [-0.1, -0.05) is 46.6 Å². The summed E-state index contributed by atoms with van der Waals surface area (Å²) in [5.74, 6) is 0. The minimum Gasteiger partial charge on any atom is -0.391 e. The summed E-state index contributed by atoms with van der Waals surface area (Å²) in [6.07, 6.45) is 5.16. The van der Waals surface area contributed by atoms with Crippen molar-refractivity contribution in [2.45, 2.75) is 112 Å². The topological polar surface area (TPSA) is 109 Å². The van der Waals surface area contributed by atoms with Crippen molar-refractivity contribution in [1.29, 1.82) is 0 Å². The monoisotopic (exact) mass is 440 g/mol. The predicted octanol–water partition coefficient (Wildman–Crippen LogP) is 4.02. The molecular formula is C23H52O7. The Bertz CT molecular complexity index is 265. The molecule has 0 fully saturated rings. The molecule has 0 spiro atoms. The number of hydrogen-bond acceptors (Lipinski definition) is 7. The van der Waals surface area contributed by atoms with E-state index < -0.39 is 24.8 Å². The second-order valence-electron chi connectivity index (χ2n) is 6.83. The average molecular weight is 441 g/mol. The first-order chi connectivity index (χ1) is 14.2. The molecule has 0 heterocycles. The van der Waals surface area contributed by atoms with Crippen LogP contribution in [0.2, 0.25) is 0 Å². The van der Waals surface area contributed by atoms with E-state index in [0.717, 1.165) is 13.2 Å². The quantitative estimate of drug-likeness (QED) is 0.183. The van der Waals surface area contributed by atoms with Gasteiger partial charge in [0.2, 0.25) is 0 Å². The van der Waals surface area contributed by atoms with Gasteiger partial charge in [0, 0.05) is 13.2 Å². The maximum atomic E-state index is 8.78. The molecule has 0 saturated heterocycles. The summed E-state index contributed by atoms with van der Waals surface area (Å²) in [6.45, 7) is 19.0. The van der Waals surface area contributed by atoms with E-state index in [2.05, 4.69) is 25.2 Å². The fourth-order valence-corrected chi connectivity index (χ4v) is 1.38. The highest BCUT2D eigenvalue weighted by Gasteiger charge is 2.05. The van der Waals surface area contributed by atoms with E-state index >= 15 is 0 Å². The third-order valence-corrected chi connectivity index (χ3v) is 3.02. The maximum absolute atomic E-state index is 8.78. The van der Waals surface area contributed by atoms with Gasteiger partial charge < -0.3 is 34.6 Å². The van der Waals surface area contributed by atoms with Crippen molar-refractivity contribution in [2.24, 2.45) is 0 Å². The first-order valence-corrected chi connectivity index (χ1v) is 11.3. The maximum Gasteiger partial charge on any atom is 0.157 e. The van der Waals surface area contributed by atoms with Gasteiger partial charge in [-0.15, -0.1) is 6.58 Å². The van der Waals surface area contributed by atoms with E-state index in [1.165, 1.54) is 25.7 Å². The lowest BCUT2D eigenvalue weighted by molar-refractivity contribution is -0.208. The zero-order chi connectivity index (χ0) is 24.2. The number of rotatable bonds is 14. The molecule has 0 aliphatic rings. The van der Waals surface area contributed by atoms with Crippen molar-refractivity contribution in [3.05, 3.63) is 12.7 Å². The van der Waals surface area contributed by atoms with Gasteiger partial charge in [-0.2, -0.15) is 0 Å². The van der Waals surface area contributed by atoms with Gasteiger partial charge >= 0.3 is 0 Å². The summed E-state index contributed by atoms with van der Waals surface area (Å²) in [5.41, 5.74) is 0. The van der Waals surface area contributed by atoms with Crippen LogP contribution in [-0.2, 0) is 14.2 Å². The van der Waals surface area contributed by atoms with E-state index in [9.17, 15) is 0 Å². The number of ether oxygens (including phenoxy) is 3. The van der Waals surface area contributed by atoms with Crippen LogP contribution in [0.1, 0.15) is 87.0 Å². The van der Waals surface area contributed by atoms with Crippen LogP contribution in [0, 0.1) is 0 Å². The van der Waals surface area contributed by atoms with Crippen LogP contribution < -0.4 is 0 Å². The van der Waals surface area contributed by atoms with Crippen molar-refractivity contribution in [3.8, 4) is 0 Å². The van der Waals surface area contributed by atoms with E-state index in [1.54, 1.807) is 33.8 Å². The first kappa shape index (κ1) is 36.8. The highest BCUT2D eigenvalue weighted by atomic mass is 16.7. The van der Waals surface area contributed by atoms with Crippen LogP contribution in [0.4, 0.5) is 0 Å². The van der Waals surface area contributed by atoms with Gasteiger partial charge in [0.15, 0.2) is 12.6 Å². The van der Waals surface area contributed by atoms with Gasteiger partial charge in [-0.05, 0) is 46.5 Å². The van der Waals surface area contributed by atoms with Crippen molar-refractivity contribution in [2.75, 3.05) is 26.4 Å². The van der Waals surface area contributed by atoms with Gasteiger partial charge in [-0.3, -0.25) is 0 Å². The number of hydrogen-bond donors (Lipinski definition) is 4. The lowest BCUT2D eigenvalue weighted by Gasteiger charge is -2.13. The second kappa shape index (κ2) is 33.1. The second-order valence-corrected chi connectivity index (χ2v) is 6.83. The molecule has 0 aliphatic heterocycles. The van der Waals surface area contributed by atoms with Crippen LogP contribution >= 0.6 is 0 Å². The molecule has 0 radical (unpaired) electrons. The Morgan fingerprint density at radius 1 is 0.733 bits per heavy atom. The van der Waals surface area contributed by atoms with Gasteiger partial charge in [0.05, 0.1) is 25.4 Å². The SMILES string of the molecule is C=CC.CC(O)COCC(C)O.CCC(O)OC(O)CC.CCCCOCCCC. The molecule has 186 valence electrons. The van der Waals surface area contributed by atoms with Crippen molar-refractivity contribution in [1.82, 2.24) is 0 Å². The Kier molecular flexibility index (Phi) is 40.6. The molecular weight excluding hydrogens is 388 g/mol. The highest BCUT2D eigenvalue weighted by Crippen LogP contribution is 1.99. The molecule has 0 rings (SSSR count). The van der Waals surface area contributed by atoms with Crippen molar-refractivity contribution in [3.63, 3.8) is 0 Å². The van der Waals surface area contributed by atoms with Crippen molar-refractivity contribution >= 4 is 0 Å². The number of aliphatic hydroxyl groups is 4. The molecule has 4 atom stereocenters. The summed E-state index contributed by atoms with van der Waals surface area (Å²) in [5, 5.41) is 34.9. The highest BCUT2D eigenvalue weighted by molar-refractivity contribution is 4.51. The van der Waals surface area contributed by atoms with Crippen molar-refractivity contribution < 1.29 is 34.6 Å². The Balaban J connectivity index is -0.000000158. The number of unbranched alkanes of at least 4 members (excludes halogenated alkanes) is 2. The summed E-state index contributed by atoms with van der Waals surface area (Å²) in [4.78, 5) is 0. The molecule has 0 aliphatic carbocycles. The van der Waals surface area contributed by atoms with Gasteiger partial charge in [0.25, 0.3) is 0 Å². The minimum absolute atomic E-state index is 0.297. The Labute approximate surface area is 186 Å².